The molecule has 0 fully saturated rings. The molecule has 0 aliphatic carbocycles. The van der Waals surface area contributed by atoms with E-state index in [0.717, 1.165) is 5.56 Å². The quantitative estimate of drug-likeness (QED) is 0.733. The summed E-state index contributed by atoms with van der Waals surface area (Å²) in [6.07, 6.45) is 3.28. The van der Waals surface area contributed by atoms with Crippen molar-refractivity contribution in [2.24, 2.45) is 0 Å². The van der Waals surface area contributed by atoms with Crippen LogP contribution >= 0.6 is 0 Å². The van der Waals surface area contributed by atoms with Crippen LogP contribution in [0.5, 0.6) is 0 Å². The topological polar surface area (TPSA) is 62.2 Å². The summed E-state index contributed by atoms with van der Waals surface area (Å²) in [7, 11) is 0. The minimum atomic E-state index is -0.750. The minimum Gasteiger partial charge on any atom is -0.394 e. The number of nitrogens with zero attached hydrogens (tertiary/aromatic N) is 1. The molecule has 1 aromatic rings. The zero-order valence-corrected chi connectivity index (χ0v) is 8.32. The van der Waals surface area contributed by atoms with E-state index in [-0.39, 0.29) is 12.5 Å². The van der Waals surface area contributed by atoms with Crippen molar-refractivity contribution < 1.29 is 9.90 Å². The van der Waals surface area contributed by atoms with Gasteiger partial charge in [-0.2, -0.15) is 0 Å². The summed E-state index contributed by atoms with van der Waals surface area (Å²) in [4.78, 5) is 14.9. The molecule has 0 aliphatic heterocycles. The molecule has 2 N–H and O–H groups in total. The van der Waals surface area contributed by atoms with Crippen LogP contribution in [0.15, 0.2) is 24.5 Å². The van der Waals surface area contributed by atoms with Crippen LogP contribution in [-0.2, 0) is 10.3 Å². The van der Waals surface area contributed by atoms with E-state index in [2.05, 4.69) is 10.3 Å². The van der Waals surface area contributed by atoms with Crippen molar-refractivity contribution in [1.29, 1.82) is 0 Å². The zero-order valence-electron chi connectivity index (χ0n) is 8.32. The van der Waals surface area contributed by atoms with Gasteiger partial charge in [-0.3, -0.25) is 9.78 Å². The molecule has 4 nitrogen and oxygen atoms in total. The highest BCUT2D eigenvalue weighted by Gasteiger charge is 2.26. The van der Waals surface area contributed by atoms with Gasteiger partial charge in [-0.25, -0.2) is 0 Å². The van der Waals surface area contributed by atoms with Gasteiger partial charge in [0.05, 0.1) is 12.1 Å². The molecule has 76 valence electrons. The van der Waals surface area contributed by atoms with Gasteiger partial charge < -0.3 is 10.4 Å². The van der Waals surface area contributed by atoms with Crippen molar-refractivity contribution in [2.75, 3.05) is 6.61 Å². The largest absolute Gasteiger partial charge is 0.394 e. The molecule has 4 heteroatoms. The van der Waals surface area contributed by atoms with E-state index in [0.29, 0.717) is 0 Å². The SMILES string of the molecule is CC(=O)N[C@](C)(CO)c1cccnc1. The Hall–Kier alpha value is -1.42. The predicted molar refractivity (Wildman–Crippen MR) is 52.5 cm³/mol. The maximum Gasteiger partial charge on any atom is 0.217 e. The van der Waals surface area contributed by atoms with Gasteiger partial charge >= 0.3 is 0 Å². The first-order valence-corrected chi connectivity index (χ1v) is 4.38. The number of aliphatic hydroxyl groups is 1. The van der Waals surface area contributed by atoms with Crippen molar-refractivity contribution in [3.8, 4) is 0 Å². The van der Waals surface area contributed by atoms with Crippen LogP contribution < -0.4 is 5.32 Å². The lowest BCUT2D eigenvalue weighted by Gasteiger charge is -2.28. The first-order chi connectivity index (χ1) is 6.58. The number of nitrogens with one attached hydrogen (secondary N) is 1. The standard InChI is InChI=1S/C10H14N2O2/c1-8(14)12-10(2,7-13)9-4-3-5-11-6-9/h3-6,13H,7H2,1-2H3,(H,12,14)/t10-/m1/s1. The van der Waals surface area contributed by atoms with Crippen LogP contribution in [0.25, 0.3) is 0 Å². The summed E-state index contributed by atoms with van der Waals surface area (Å²) in [5.74, 6) is -0.176. The van der Waals surface area contributed by atoms with Crippen molar-refractivity contribution in [3.05, 3.63) is 30.1 Å². The summed E-state index contributed by atoms with van der Waals surface area (Å²) in [5, 5.41) is 11.9. The minimum absolute atomic E-state index is 0.154. The van der Waals surface area contributed by atoms with Crippen molar-refractivity contribution in [1.82, 2.24) is 10.3 Å². The summed E-state index contributed by atoms with van der Waals surface area (Å²) >= 11 is 0. The highest BCUT2D eigenvalue weighted by molar-refractivity contribution is 5.74. The van der Waals surface area contributed by atoms with Crippen LogP contribution in [0.2, 0.25) is 0 Å². The van der Waals surface area contributed by atoms with Gasteiger partial charge in [0.25, 0.3) is 0 Å². The third kappa shape index (κ3) is 2.29. The molecular weight excluding hydrogens is 180 g/mol. The van der Waals surface area contributed by atoms with Gasteiger partial charge in [-0.15, -0.1) is 0 Å². The number of amides is 1. The highest BCUT2D eigenvalue weighted by atomic mass is 16.3. The van der Waals surface area contributed by atoms with Gasteiger partial charge in [0.2, 0.25) is 5.91 Å². The highest BCUT2D eigenvalue weighted by Crippen LogP contribution is 2.18. The van der Waals surface area contributed by atoms with E-state index in [1.807, 2.05) is 6.07 Å². The molecule has 1 amide bonds. The summed E-state index contributed by atoms with van der Waals surface area (Å²) in [6.45, 7) is 3.02. The molecular formula is C10H14N2O2. The fourth-order valence-corrected chi connectivity index (χ4v) is 1.28. The Morgan fingerprint density at radius 2 is 2.43 bits per heavy atom. The Bertz CT molecular complexity index is 313. The predicted octanol–water partition coefficient (Wildman–Crippen LogP) is 0.425. The molecule has 0 spiro atoms. The van der Waals surface area contributed by atoms with E-state index in [9.17, 15) is 9.90 Å². The monoisotopic (exact) mass is 194 g/mol. The molecule has 1 aromatic heterocycles. The molecule has 0 saturated carbocycles. The van der Waals surface area contributed by atoms with E-state index in [4.69, 9.17) is 0 Å². The third-order valence-electron chi connectivity index (χ3n) is 2.07. The number of pyridine rings is 1. The van der Waals surface area contributed by atoms with Gasteiger partial charge in [0, 0.05) is 19.3 Å². The molecule has 0 aromatic carbocycles. The van der Waals surface area contributed by atoms with E-state index >= 15 is 0 Å². The Balaban J connectivity index is 2.95. The molecule has 0 radical (unpaired) electrons. The number of rotatable bonds is 3. The average Bonchev–Trinajstić information content (AvgIpc) is 2.18. The maximum atomic E-state index is 10.9. The normalized spacial score (nSPS) is 14.5. The smallest absolute Gasteiger partial charge is 0.217 e. The van der Waals surface area contributed by atoms with Crippen LogP contribution in [0.1, 0.15) is 19.4 Å². The lowest BCUT2D eigenvalue weighted by Crippen LogP contribution is -2.45. The third-order valence-corrected chi connectivity index (χ3v) is 2.07. The first kappa shape index (κ1) is 10.7. The van der Waals surface area contributed by atoms with Crippen molar-refractivity contribution in [2.45, 2.75) is 19.4 Å². The summed E-state index contributed by atoms with van der Waals surface area (Å²) in [6, 6.07) is 3.59. The molecule has 0 unspecified atom stereocenters. The molecule has 14 heavy (non-hydrogen) atoms. The van der Waals surface area contributed by atoms with Crippen LogP contribution in [0.4, 0.5) is 0 Å². The van der Waals surface area contributed by atoms with Gasteiger partial charge in [-0.05, 0) is 18.6 Å². The number of carbonyl (C=O) groups is 1. The Morgan fingerprint density at radius 1 is 1.71 bits per heavy atom. The van der Waals surface area contributed by atoms with E-state index in [1.54, 1.807) is 25.4 Å². The second-order valence-corrected chi connectivity index (χ2v) is 3.41. The summed E-state index contributed by atoms with van der Waals surface area (Å²) in [5.41, 5.74) is 0.0396. The second kappa shape index (κ2) is 4.19. The van der Waals surface area contributed by atoms with Crippen molar-refractivity contribution in [3.63, 3.8) is 0 Å². The molecule has 0 aliphatic rings. The Morgan fingerprint density at radius 3 is 2.86 bits per heavy atom. The number of aromatic nitrogens is 1. The second-order valence-electron chi connectivity index (χ2n) is 3.41. The fourth-order valence-electron chi connectivity index (χ4n) is 1.28. The number of hydrogen-bond acceptors (Lipinski definition) is 3. The Labute approximate surface area is 83.0 Å². The molecule has 0 bridgehead atoms. The van der Waals surface area contributed by atoms with Gasteiger partial charge in [0.1, 0.15) is 0 Å². The van der Waals surface area contributed by atoms with Crippen LogP contribution in [0.3, 0.4) is 0 Å². The molecule has 0 saturated heterocycles. The first-order valence-electron chi connectivity index (χ1n) is 4.38. The van der Waals surface area contributed by atoms with Crippen molar-refractivity contribution >= 4 is 5.91 Å². The van der Waals surface area contributed by atoms with E-state index in [1.165, 1.54) is 6.92 Å². The molecule has 1 heterocycles. The summed E-state index contributed by atoms with van der Waals surface area (Å²) < 4.78 is 0. The molecule has 1 rings (SSSR count). The van der Waals surface area contributed by atoms with Crippen LogP contribution in [0, 0.1) is 0 Å². The fraction of sp³-hybridized carbons (Fsp3) is 0.400. The maximum absolute atomic E-state index is 10.9. The molecule has 1 atom stereocenters. The zero-order chi connectivity index (χ0) is 10.6. The number of hydrogen-bond donors (Lipinski definition) is 2. The van der Waals surface area contributed by atoms with Gasteiger partial charge in [-0.1, -0.05) is 6.07 Å². The lowest BCUT2D eigenvalue weighted by atomic mass is 9.94. The average molecular weight is 194 g/mol. The number of aliphatic hydroxyl groups excluding tert-OH is 1. The lowest BCUT2D eigenvalue weighted by molar-refractivity contribution is -0.121. The van der Waals surface area contributed by atoms with E-state index < -0.39 is 5.54 Å². The van der Waals surface area contributed by atoms with Gasteiger partial charge in [0.15, 0.2) is 0 Å². The van der Waals surface area contributed by atoms with Crippen LogP contribution in [-0.4, -0.2) is 22.6 Å². The Kier molecular flexibility index (Phi) is 3.19. The number of carbonyl (C=O) groups excluding carboxylic acids is 1.